The molecule has 15 heavy (non-hydrogen) atoms. The number of alkyl halides is 1. The molecular weight excluding hydrogens is 254 g/mol. The van der Waals surface area contributed by atoms with Crippen LogP contribution in [0.15, 0.2) is 16.5 Å². The van der Waals surface area contributed by atoms with Crippen molar-refractivity contribution in [1.29, 1.82) is 0 Å². The second-order valence-electron chi connectivity index (χ2n) is 4.14. The topological polar surface area (TPSA) is 16.4 Å². The van der Waals surface area contributed by atoms with Crippen LogP contribution in [0, 0.1) is 12.8 Å². The van der Waals surface area contributed by atoms with Gasteiger partial charge in [-0.05, 0) is 32.0 Å². The highest BCUT2D eigenvalue weighted by atomic mass is 79.9. The SMILES string of the molecule is CCC(CBr)CN(C)Cc1ccc(C)o1. The van der Waals surface area contributed by atoms with Crippen LogP contribution in [0.1, 0.15) is 24.9 Å². The highest BCUT2D eigenvalue weighted by Gasteiger charge is 2.09. The van der Waals surface area contributed by atoms with Gasteiger partial charge in [0.25, 0.3) is 0 Å². The number of aryl methyl sites for hydroxylation is 1. The Labute approximate surface area is 101 Å². The molecule has 1 aromatic rings. The van der Waals surface area contributed by atoms with E-state index in [0.29, 0.717) is 0 Å². The number of nitrogens with zero attached hydrogens (tertiary/aromatic N) is 1. The first kappa shape index (κ1) is 12.8. The van der Waals surface area contributed by atoms with Gasteiger partial charge in [0.05, 0.1) is 6.54 Å². The molecule has 0 fully saturated rings. The van der Waals surface area contributed by atoms with E-state index in [4.69, 9.17) is 4.42 Å². The molecule has 1 rings (SSSR count). The molecular formula is C12H20BrNO. The Morgan fingerprint density at radius 2 is 2.20 bits per heavy atom. The van der Waals surface area contributed by atoms with Crippen LogP contribution < -0.4 is 0 Å². The first-order chi connectivity index (χ1) is 7.15. The van der Waals surface area contributed by atoms with Crippen LogP contribution in [0.5, 0.6) is 0 Å². The molecule has 2 nitrogen and oxygen atoms in total. The van der Waals surface area contributed by atoms with Crippen LogP contribution in [0.3, 0.4) is 0 Å². The number of hydrogen-bond donors (Lipinski definition) is 0. The van der Waals surface area contributed by atoms with Crippen molar-refractivity contribution in [3.05, 3.63) is 23.7 Å². The van der Waals surface area contributed by atoms with Gasteiger partial charge in [-0.25, -0.2) is 0 Å². The van der Waals surface area contributed by atoms with Gasteiger partial charge in [-0.2, -0.15) is 0 Å². The van der Waals surface area contributed by atoms with Gasteiger partial charge in [-0.3, -0.25) is 4.90 Å². The molecule has 86 valence electrons. The average Bonchev–Trinajstić information content (AvgIpc) is 2.60. The number of hydrogen-bond acceptors (Lipinski definition) is 2. The third-order valence-electron chi connectivity index (χ3n) is 2.59. The van der Waals surface area contributed by atoms with Gasteiger partial charge in [0.2, 0.25) is 0 Å². The van der Waals surface area contributed by atoms with Crippen LogP contribution >= 0.6 is 15.9 Å². The molecule has 0 aliphatic carbocycles. The van der Waals surface area contributed by atoms with Crippen LogP contribution in [0.4, 0.5) is 0 Å². The normalized spacial score (nSPS) is 13.4. The molecule has 0 aliphatic heterocycles. The van der Waals surface area contributed by atoms with Crippen LogP contribution in [0.25, 0.3) is 0 Å². The Hall–Kier alpha value is -0.280. The molecule has 0 amide bonds. The molecule has 0 saturated heterocycles. The van der Waals surface area contributed by atoms with E-state index < -0.39 is 0 Å². The van der Waals surface area contributed by atoms with Crippen molar-refractivity contribution in [1.82, 2.24) is 4.90 Å². The summed E-state index contributed by atoms with van der Waals surface area (Å²) < 4.78 is 5.55. The van der Waals surface area contributed by atoms with Gasteiger partial charge in [0, 0.05) is 11.9 Å². The van der Waals surface area contributed by atoms with Crippen molar-refractivity contribution in [2.75, 3.05) is 18.9 Å². The van der Waals surface area contributed by atoms with E-state index in [1.54, 1.807) is 0 Å². The summed E-state index contributed by atoms with van der Waals surface area (Å²) in [7, 11) is 2.14. The smallest absolute Gasteiger partial charge is 0.118 e. The predicted molar refractivity (Wildman–Crippen MR) is 67.4 cm³/mol. The number of rotatable bonds is 6. The molecule has 0 saturated carbocycles. The first-order valence-corrected chi connectivity index (χ1v) is 6.57. The minimum absolute atomic E-state index is 0.728. The van der Waals surface area contributed by atoms with Gasteiger partial charge < -0.3 is 4.42 Å². The molecule has 3 heteroatoms. The van der Waals surface area contributed by atoms with Crippen LogP contribution in [-0.4, -0.2) is 23.8 Å². The lowest BCUT2D eigenvalue weighted by atomic mass is 10.1. The zero-order valence-electron chi connectivity index (χ0n) is 9.79. The maximum Gasteiger partial charge on any atom is 0.118 e. The molecule has 0 aliphatic rings. The van der Waals surface area contributed by atoms with E-state index in [1.807, 2.05) is 13.0 Å². The van der Waals surface area contributed by atoms with E-state index in [0.717, 1.165) is 35.9 Å². The van der Waals surface area contributed by atoms with E-state index >= 15 is 0 Å². The zero-order chi connectivity index (χ0) is 11.3. The van der Waals surface area contributed by atoms with Crippen molar-refractivity contribution in [2.45, 2.75) is 26.8 Å². The van der Waals surface area contributed by atoms with Crippen LogP contribution in [0.2, 0.25) is 0 Å². The summed E-state index contributed by atoms with van der Waals surface area (Å²) in [5.41, 5.74) is 0. The molecule has 0 radical (unpaired) electrons. The number of halogens is 1. The molecule has 1 aromatic heterocycles. The first-order valence-electron chi connectivity index (χ1n) is 5.45. The predicted octanol–water partition coefficient (Wildman–Crippen LogP) is 3.44. The lowest BCUT2D eigenvalue weighted by molar-refractivity contribution is 0.255. The monoisotopic (exact) mass is 273 g/mol. The summed E-state index contributed by atoms with van der Waals surface area (Å²) in [5, 5.41) is 1.07. The minimum Gasteiger partial charge on any atom is -0.465 e. The zero-order valence-corrected chi connectivity index (χ0v) is 11.4. The van der Waals surface area contributed by atoms with Gasteiger partial charge >= 0.3 is 0 Å². The lowest BCUT2D eigenvalue weighted by Gasteiger charge is -2.20. The van der Waals surface area contributed by atoms with Crippen molar-refractivity contribution in [2.24, 2.45) is 5.92 Å². The third kappa shape index (κ3) is 4.39. The Kier molecular flexibility index (Phi) is 5.40. The summed E-state index contributed by atoms with van der Waals surface area (Å²) in [5.74, 6) is 2.77. The van der Waals surface area contributed by atoms with Gasteiger partial charge in [0.15, 0.2) is 0 Å². The molecule has 1 unspecified atom stereocenters. The highest BCUT2D eigenvalue weighted by molar-refractivity contribution is 9.09. The van der Waals surface area contributed by atoms with Gasteiger partial charge in [-0.15, -0.1) is 0 Å². The molecule has 0 N–H and O–H groups in total. The average molecular weight is 274 g/mol. The molecule has 0 bridgehead atoms. The van der Waals surface area contributed by atoms with E-state index in [2.05, 4.69) is 40.9 Å². The van der Waals surface area contributed by atoms with Gasteiger partial charge in [-0.1, -0.05) is 29.3 Å². The highest BCUT2D eigenvalue weighted by Crippen LogP contribution is 2.12. The van der Waals surface area contributed by atoms with E-state index in [1.165, 1.54) is 6.42 Å². The summed E-state index contributed by atoms with van der Waals surface area (Å²) in [6.45, 7) is 6.23. The standard InChI is InChI=1S/C12H20BrNO/c1-4-11(7-13)8-14(3)9-12-6-5-10(2)15-12/h5-6,11H,4,7-9H2,1-3H3. The number of furan rings is 1. The molecule has 1 atom stereocenters. The van der Waals surface area contributed by atoms with Crippen molar-refractivity contribution < 1.29 is 4.42 Å². The van der Waals surface area contributed by atoms with Crippen molar-refractivity contribution >= 4 is 15.9 Å². The second-order valence-corrected chi connectivity index (χ2v) is 4.79. The van der Waals surface area contributed by atoms with E-state index in [-0.39, 0.29) is 0 Å². The Bertz CT molecular complexity index is 281. The summed E-state index contributed by atoms with van der Waals surface area (Å²) in [6, 6.07) is 4.08. The third-order valence-corrected chi connectivity index (χ3v) is 3.50. The minimum atomic E-state index is 0.728. The maximum absolute atomic E-state index is 5.55. The second kappa shape index (κ2) is 6.33. The summed E-state index contributed by atoms with van der Waals surface area (Å²) in [4.78, 5) is 2.31. The Morgan fingerprint density at radius 1 is 1.47 bits per heavy atom. The van der Waals surface area contributed by atoms with Crippen LogP contribution in [-0.2, 0) is 6.54 Å². The molecule has 0 aromatic carbocycles. The molecule has 1 heterocycles. The van der Waals surface area contributed by atoms with Crippen molar-refractivity contribution in [3.63, 3.8) is 0 Å². The molecule has 0 spiro atoms. The lowest BCUT2D eigenvalue weighted by Crippen LogP contribution is -2.25. The quantitative estimate of drug-likeness (QED) is 0.739. The largest absolute Gasteiger partial charge is 0.465 e. The Morgan fingerprint density at radius 3 is 2.67 bits per heavy atom. The summed E-state index contributed by atoms with van der Waals surface area (Å²) >= 11 is 3.54. The summed E-state index contributed by atoms with van der Waals surface area (Å²) in [6.07, 6.45) is 1.22. The fourth-order valence-corrected chi connectivity index (χ4v) is 2.29. The fraction of sp³-hybridized carbons (Fsp3) is 0.667. The van der Waals surface area contributed by atoms with Gasteiger partial charge in [0.1, 0.15) is 11.5 Å². The van der Waals surface area contributed by atoms with Crippen molar-refractivity contribution in [3.8, 4) is 0 Å². The Balaban J connectivity index is 2.38. The van der Waals surface area contributed by atoms with E-state index in [9.17, 15) is 0 Å². The maximum atomic E-state index is 5.55. The fourth-order valence-electron chi connectivity index (χ4n) is 1.63.